The number of fused-ring (bicyclic) bond motifs is 5. The maximum atomic E-state index is 9.80. The Labute approximate surface area is 157 Å². The fourth-order valence-electron chi connectivity index (χ4n) is 7.70. The summed E-state index contributed by atoms with van der Waals surface area (Å²) in [6.07, 6.45) is 14.6. The zero-order valence-corrected chi connectivity index (χ0v) is 17.2. The topological polar surface area (TPSA) is 98.0 Å². The second-order valence-electron chi connectivity index (χ2n) is 9.92. The van der Waals surface area contributed by atoms with Gasteiger partial charge in [0.15, 0.2) is 0 Å². The van der Waals surface area contributed by atoms with Crippen LogP contribution in [0.2, 0.25) is 0 Å². The molecule has 152 valence electrons. The van der Waals surface area contributed by atoms with E-state index in [1.807, 2.05) is 0 Å². The lowest BCUT2D eigenvalue weighted by Gasteiger charge is -2.60. The summed E-state index contributed by atoms with van der Waals surface area (Å²) in [4.78, 5) is 21.6. The van der Waals surface area contributed by atoms with Crippen LogP contribution < -0.4 is 0 Å². The van der Waals surface area contributed by atoms with Crippen molar-refractivity contribution in [1.82, 2.24) is 0 Å². The first-order valence-corrected chi connectivity index (χ1v) is 12.1. The van der Waals surface area contributed by atoms with Crippen LogP contribution in [-0.2, 0) is 4.57 Å². The number of aliphatic hydroxyl groups is 1. The summed E-state index contributed by atoms with van der Waals surface area (Å²) in [6.45, 7) is 5.62. The third-order valence-corrected chi connectivity index (χ3v) is 9.00. The molecular formula is C20H37O5P. The summed E-state index contributed by atoms with van der Waals surface area (Å²) in [7, 11) is -4.64. The van der Waals surface area contributed by atoms with E-state index in [1.54, 1.807) is 0 Å². The molecule has 7 atom stereocenters. The maximum Gasteiger partial charge on any atom is 0.466 e. The smallest absolute Gasteiger partial charge is 0.396 e. The van der Waals surface area contributed by atoms with Gasteiger partial charge in [0.05, 0.1) is 0 Å². The van der Waals surface area contributed by atoms with Gasteiger partial charge in [-0.15, -0.1) is 0 Å². The molecule has 0 aliphatic heterocycles. The molecule has 0 heterocycles. The Balaban J connectivity index is 0.000000349. The van der Waals surface area contributed by atoms with Crippen LogP contribution in [0, 0.1) is 40.4 Å². The van der Waals surface area contributed by atoms with E-state index in [4.69, 9.17) is 19.2 Å². The quantitative estimate of drug-likeness (QED) is 0.507. The first-order valence-electron chi connectivity index (χ1n) is 10.5. The van der Waals surface area contributed by atoms with Crippen LogP contribution in [0.4, 0.5) is 0 Å². The summed E-state index contributed by atoms with van der Waals surface area (Å²) in [5.74, 6) is 4.55. The number of hydrogen-bond donors (Lipinski definition) is 4. The number of rotatable bonds is 1. The molecule has 26 heavy (non-hydrogen) atoms. The minimum absolute atomic E-state index is 0.435. The standard InChI is InChI=1S/C20H34O.H3O4P/c1-19-11-4-3-5-14(19)6-8-16-17-9-7-15(13-21)20(17,2)12-10-18(16)19;1-5(2,3)4/h14-18,21H,3-13H2,1-2H3;(H3,1,2,3,4)/t14?,15-,16?,17?,18?,19+,20-;/m1./s1. The van der Waals surface area contributed by atoms with Gasteiger partial charge in [-0.3, -0.25) is 0 Å². The van der Waals surface area contributed by atoms with Crippen molar-refractivity contribution in [2.75, 3.05) is 6.61 Å². The Morgan fingerprint density at radius 2 is 1.50 bits per heavy atom. The Bertz CT molecular complexity index is 540. The summed E-state index contributed by atoms with van der Waals surface area (Å²) >= 11 is 0. The maximum absolute atomic E-state index is 9.80. The molecule has 0 bridgehead atoms. The molecule has 4 rings (SSSR count). The van der Waals surface area contributed by atoms with Gasteiger partial charge >= 0.3 is 7.82 Å². The van der Waals surface area contributed by atoms with Gasteiger partial charge in [-0.05, 0) is 91.8 Å². The fraction of sp³-hybridized carbons (Fsp3) is 1.00. The highest BCUT2D eigenvalue weighted by atomic mass is 31.2. The number of aliphatic hydroxyl groups excluding tert-OH is 1. The molecule has 4 N–H and O–H groups in total. The largest absolute Gasteiger partial charge is 0.466 e. The molecule has 4 aliphatic rings. The summed E-state index contributed by atoms with van der Waals surface area (Å²) in [6, 6.07) is 0. The third kappa shape index (κ3) is 3.80. The average Bonchev–Trinajstić information content (AvgIpc) is 2.89. The van der Waals surface area contributed by atoms with Gasteiger partial charge in [-0.2, -0.15) is 0 Å². The fourth-order valence-corrected chi connectivity index (χ4v) is 7.70. The predicted molar refractivity (Wildman–Crippen MR) is 101 cm³/mol. The van der Waals surface area contributed by atoms with Crippen molar-refractivity contribution in [3.8, 4) is 0 Å². The average molecular weight is 388 g/mol. The lowest BCUT2D eigenvalue weighted by Crippen LogP contribution is -2.52. The Kier molecular flexibility index (Phi) is 5.98. The first-order chi connectivity index (χ1) is 12.1. The van der Waals surface area contributed by atoms with Gasteiger partial charge in [0, 0.05) is 6.61 Å². The SMILES string of the molecule is C[C@]12CCCCC1CCC1C2CC[C@@]2(C)C1CC[C@@H]2CO.O=P(O)(O)O. The summed E-state index contributed by atoms with van der Waals surface area (Å²) in [5.41, 5.74) is 1.13. The molecule has 4 fully saturated rings. The van der Waals surface area contributed by atoms with E-state index in [9.17, 15) is 5.11 Å². The third-order valence-electron chi connectivity index (χ3n) is 9.00. The van der Waals surface area contributed by atoms with Gasteiger partial charge in [-0.25, -0.2) is 4.57 Å². The second kappa shape index (κ2) is 7.48. The highest BCUT2D eigenvalue weighted by Crippen LogP contribution is 2.67. The molecular weight excluding hydrogens is 351 g/mol. The minimum Gasteiger partial charge on any atom is -0.396 e. The van der Waals surface area contributed by atoms with Crippen molar-refractivity contribution in [1.29, 1.82) is 0 Å². The molecule has 4 saturated carbocycles. The zero-order valence-electron chi connectivity index (χ0n) is 16.3. The lowest BCUT2D eigenvalue weighted by molar-refractivity contribution is -0.113. The monoisotopic (exact) mass is 388 g/mol. The van der Waals surface area contributed by atoms with Crippen LogP contribution in [0.3, 0.4) is 0 Å². The molecule has 0 saturated heterocycles. The van der Waals surface area contributed by atoms with E-state index in [-0.39, 0.29) is 0 Å². The van der Waals surface area contributed by atoms with Crippen LogP contribution in [0.1, 0.15) is 78.1 Å². The molecule has 6 heteroatoms. The highest BCUT2D eigenvalue weighted by Gasteiger charge is 2.59. The van der Waals surface area contributed by atoms with Crippen LogP contribution in [0.25, 0.3) is 0 Å². The van der Waals surface area contributed by atoms with E-state index in [0.717, 1.165) is 23.7 Å². The van der Waals surface area contributed by atoms with Crippen molar-refractivity contribution in [2.24, 2.45) is 40.4 Å². The van der Waals surface area contributed by atoms with E-state index >= 15 is 0 Å². The van der Waals surface area contributed by atoms with Crippen LogP contribution in [0.5, 0.6) is 0 Å². The van der Waals surface area contributed by atoms with Crippen molar-refractivity contribution < 1.29 is 24.4 Å². The molecule has 4 aliphatic carbocycles. The molecule has 4 unspecified atom stereocenters. The van der Waals surface area contributed by atoms with E-state index in [2.05, 4.69) is 13.8 Å². The summed E-state index contributed by atoms with van der Waals surface area (Å²) < 4.78 is 8.88. The predicted octanol–water partition coefficient (Wildman–Crippen LogP) is 4.10. The molecule has 0 aromatic rings. The highest BCUT2D eigenvalue weighted by molar-refractivity contribution is 7.45. The lowest BCUT2D eigenvalue weighted by atomic mass is 9.45. The molecule has 5 nitrogen and oxygen atoms in total. The van der Waals surface area contributed by atoms with Crippen LogP contribution in [0.15, 0.2) is 0 Å². The van der Waals surface area contributed by atoms with Gasteiger partial charge in [0.1, 0.15) is 0 Å². The normalized spacial score (nSPS) is 47.8. The van der Waals surface area contributed by atoms with Crippen molar-refractivity contribution in [3.05, 3.63) is 0 Å². The molecule has 0 radical (unpaired) electrons. The Morgan fingerprint density at radius 1 is 0.846 bits per heavy atom. The number of hydrogen-bond acceptors (Lipinski definition) is 2. The molecule has 0 aromatic carbocycles. The van der Waals surface area contributed by atoms with Gasteiger partial charge in [-0.1, -0.05) is 26.7 Å². The van der Waals surface area contributed by atoms with Crippen molar-refractivity contribution in [3.63, 3.8) is 0 Å². The zero-order chi connectivity index (χ0) is 19.2. The molecule has 0 spiro atoms. The van der Waals surface area contributed by atoms with Crippen LogP contribution in [-0.4, -0.2) is 26.4 Å². The Hall–Kier alpha value is 0.0700. The molecule has 0 amide bonds. The minimum atomic E-state index is -4.64. The number of phosphoric acid groups is 1. The van der Waals surface area contributed by atoms with Crippen LogP contribution >= 0.6 is 7.82 Å². The van der Waals surface area contributed by atoms with Gasteiger partial charge in [0.25, 0.3) is 0 Å². The Morgan fingerprint density at radius 3 is 2.15 bits per heavy atom. The first kappa shape index (κ1) is 20.8. The summed E-state index contributed by atoms with van der Waals surface area (Å²) in [5, 5.41) is 9.80. The molecule has 0 aromatic heterocycles. The van der Waals surface area contributed by atoms with Crippen molar-refractivity contribution >= 4 is 7.82 Å². The van der Waals surface area contributed by atoms with Gasteiger partial charge < -0.3 is 19.8 Å². The van der Waals surface area contributed by atoms with E-state index in [0.29, 0.717) is 23.4 Å². The van der Waals surface area contributed by atoms with E-state index < -0.39 is 7.82 Å². The van der Waals surface area contributed by atoms with Gasteiger partial charge in [0.2, 0.25) is 0 Å². The van der Waals surface area contributed by atoms with Crippen molar-refractivity contribution in [2.45, 2.75) is 78.1 Å². The second-order valence-corrected chi connectivity index (χ2v) is 10.9. The van der Waals surface area contributed by atoms with E-state index in [1.165, 1.54) is 64.2 Å².